The third-order valence-electron chi connectivity index (χ3n) is 8.63. The molecule has 1 aliphatic heterocycles. The normalized spacial score (nSPS) is 15.9. The first-order valence-electron chi connectivity index (χ1n) is 14.0. The first kappa shape index (κ1) is 25.7. The van der Waals surface area contributed by atoms with Crippen molar-refractivity contribution in [2.24, 2.45) is 20.0 Å². The minimum atomic E-state index is -1.05. The van der Waals surface area contributed by atoms with Gasteiger partial charge in [0.1, 0.15) is 22.3 Å². The van der Waals surface area contributed by atoms with E-state index in [-0.39, 0.29) is 6.04 Å². The average Bonchev–Trinajstić information content (AvgIpc) is 3.60. The van der Waals surface area contributed by atoms with Gasteiger partial charge in [0.05, 0.1) is 28.5 Å². The third kappa shape index (κ3) is 4.06. The molecule has 0 amide bonds. The van der Waals surface area contributed by atoms with Crippen LogP contribution in [0.3, 0.4) is 0 Å². The van der Waals surface area contributed by atoms with E-state index in [1.54, 1.807) is 4.68 Å². The van der Waals surface area contributed by atoms with Gasteiger partial charge in [0.25, 0.3) is 0 Å². The van der Waals surface area contributed by atoms with Crippen molar-refractivity contribution < 1.29 is 9.84 Å². The zero-order valence-electron chi connectivity index (χ0n) is 23.4. The van der Waals surface area contributed by atoms with Crippen LogP contribution in [0, 0.1) is 12.8 Å². The van der Waals surface area contributed by atoms with E-state index in [0.29, 0.717) is 18.8 Å². The smallest absolute Gasteiger partial charge is 0.118 e. The summed E-state index contributed by atoms with van der Waals surface area (Å²) in [5.41, 5.74) is 7.48. The molecule has 5 heterocycles. The molecular formula is C30H37N7O2. The topological polar surface area (TPSA) is 95.8 Å². The summed E-state index contributed by atoms with van der Waals surface area (Å²) in [6.45, 7) is 7.51. The SMILES string of the molecule is CCC(O)(CC)c1nn(C)c2c3ncc(-c4c(C)nnn4C)cc3n([C@H](c3ccccc3)C3CCOCC3)c12. The Morgan fingerprint density at radius 2 is 1.77 bits per heavy atom. The Labute approximate surface area is 228 Å². The molecule has 1 aliphatic rings. The number of hydrogen-bond donors (Lipinski definition) is 1. The lowest BCUT2D eigenvalue weighted by molar-refractivity contribution is 0.0242. The minimum absolute atomic E-state index is 0.0267. The van der Waals surface area contributed by atoms with Gasteiger partial charge >= 0.3 is 0 Å². The summed E-state index contributed by atoms with van der Waals surface area (Å²) < 4.78 is 11.9. The van der Waals surface area contributed by atoms with Crippen LogP contribution in [0.4, 0.5) is 0 Å². The monoisotopic (exact) mass is 527 g/mol. The lowest BCUT2D eigenvalue weighted by atomic mass is 9.86. The van der Waals surface area contributed by atoms with Gasteiger partial charge in [0.2, 0.25) is 0 Å². The summed E-state index contributed by atoms with van der Waals surface area (Å²) in [5.74, 6) is 0.355. The van der Waals surface area contributed by atoms with Gasteiger partial charge in [-0.2, -0.15) is 5.10 Å². The molecule has 9 heteroatoms. The number of aliphatic hydroxyl groups is 1. The van der Waals surface area contributed by atoms with E-state index in [1.807, 2.05) is 45.7 Å². The Kier molecular flexibility index (Phi) is 6.51. The molecule has 0 aliphatic carbocycles. The highest BCUT2D eigenvalue weighted by atomic mass is 16.5. The van der Waals surface area contributed by atoms with Crippen LogP contribution in [0.5, 0.6) is 0 Å². The summed E-state index contributed by atoms with van der Waals surface area (Å²) in [6, 6.07) is 12.9. The Bertz CT molecular complexity index is 1600. The van der Waals surface area contributed by atoms with Gasteiger partial charge in [-0.3, -0.25) is 9.67 Å². The van der Waals surface area contributed by atoms with Gasteiger partial charge < -0.3 is 14.4 Å². The average molecular weight is 528 g/mol. The van der Waals surface area contributed by atoms with Crippen LogP contribution in [-0.2, 0) is 24.4 Å². The number of pyridine rings is 1. The highest BCUT2D eigenvalue weighted by Crippen LogP contribution is 2.44. The van der Waals surface area contributed by atoms with Crippen LogP contribution >= 0.6 is 0 Å². The predicted octanol–water partition coefficient (Wildman–Crippen LogP) is 5.05. The Morgan fingerprint density at radius 3 is 2.41 bits per heavy atom. The van der Waals surface area contributed by atoms with Crippen molar-refractivity contribution in [2.75, 3.05) is 13.2 Å². The van der Waals surface area contributed by atoms with Crippen molar-refractivity contribution in [2.45, 2.75) is 58.1 Å². The number of fused-ring (bicyclic) bond motifs is 3. The van der Waals surface area contributed by atoms with Gasteiger partial charge in [0.15, 0.2) is 0 Å². The molecule has 1 saturated heterocycles. The molecule has 39 heavy (non-hydrogen) atoms. The minimum Gasteiger partial charge on any atom is -0.383 e. The Morgan fingerprint density at radius 1 is 1.05 bits per heavy atom. The van der Waals surface area contributed by atoms with Crippen molar-refractivity contribution in [3.8, 4) is 11.3 Å². The molecule has 1 fully saturated rings. The van der Waals surface area contributed by atoms with E-state index in [0.717, 1.165) is 70.8 Å². The summed E-state index contributed by atoms with van der Waals surface area (Å²) >= 11 is 0. The number of aromatic nitrogens is 7. The lowest BCUT2D eigenvalue weighted by Gasteiger charge is -2.33. The summed E-state index contributed by atoms with van der Waals surface area (Å²) in [7, 11) is 3.87. The molecule has 5 aromatic rings. The maximum absolute atomic E-state index is 11.9. The fourth-order valence-corrected chi connectivity index (χ4v) is 6.43. The van der Waals surface area contributed by atoms with Crippen molar-refractivity contribution in [3.63, 3.8) is 0 Å². The Hall–Kier alpha value is -3.56. The van der Waals surface area contributed by atoms with E-state index >= 15 is 0 Å². The first-order valence-corrected chi connectivity index (χ1v) is 14.0. The van der Waals surface area contributed by atoms with Gasteiger partial charge in [-0.15, -0.1) is 5.10 Å². The van der Waals surface area contributed by atoms with Crippen LogP contribution in [0.2, 0.25) is 0 Å². The highest BCUT2D eigenvalue weighted by molar-refractivity contribution is 6.06. The van der Waals surface area contributed by atoms with Crippen LogP contribution in [0.1, 0.15) is 62.5 Å². The lowest BCUT2D eigenvalue weighted by Crippen LogP contribution is -2.29. The van der Waals surface area contributed by atoms with Crippen molar-refractivity contribution >= 4 is 22.1 Å². The molecule has 204 valence electrons. The Balaban J connectivity index is 1.74. The quantitative estimate of drug-likeness (QED) is 0.318. The molecule has 0 spiro atoms. The summed E-state index contributed by atoms with van der Waals surface area (Å²) in [5, 5.41) is 25.3. The largest absolute Gasteiger partial charge is 0.383 e. The number of rotatable bonds is 7. The highest BCUT2D eigenvalue weighted by Gasteiger charge is 2.37. The molecule has 9 nitrogen and oxygen atoms in total. The molecule has 0 saturated carbocycles. The second-order valence-corrected chi connectivity index (χ2v) is 10.8. The molecule has 0 radical (unpaired) electrons. The van der Waals surface area contributed by atoms with E-state index < -0.39 is 5.60 Å². The second-order valence-electron chi connectivity index (χ2n) is 10.8. The van der Waals surface area contributed by atoms with E-state index in [2.05, 4.69) is 51.3 Å². The standard InChI is InChI=1S/C30H37N7O2/c1-6-30(38,7-2)29-28-27(35(4)33-29)24-23(17-22(18-31-24)25-19(3)32-34-36(25)5)37(28)26(20-11-9-8-10-12-20)21-13-15-39-16-14-21/h8-12,17-18,21,26,38H,6-7,13-16H2,1-5H3/t26-/m1/s1. The summed E-state index contributed by atoms with van der Waals surface area (Å²) in [4.78, 5) is 5.04. The van der Waals surface area contributed by atoms with Gasteiger partial charge in [-0.25, -0.2) is 4.68 Å². The molecule has 0 unspecified atom stereocenters. The summed E-state index contributed by atoms with van der Waals surface area (Å²) in [6.07, 6.45) is 4.97. The molecule has 4 aromatic heterocycles. The molecule has 6 rings (SSSR count). The number of ether oxygens (including phenoxy) is 1. The van der Waals surface area contributed by atoms with E-state index in [4.69, 9.17) is 14.8 Å². The van der Waals surface area contributed by atoms with E-state index in [1.165, 1.54) is 5.56 Å². The molecule has 1 atom stereocenters. The van der Waals surface area contributed by atoms with Gasteiger partial charge in [0, 0.05) is 39.1 Å². The maximum Gasteiger partial charge on any atom is 0.118 e. The number of nitrogens with zero attached hydrogens (tertiary/aromatic N) is 7. The molecule has 1 N–H and O–H groups in total. The third-order valence-corrected chi connectivity index (χ3v) is 8.63. The first-order chi connectivity index (χ1) is 18.9. The maximum atomic E-state index is 11.9. The number of aryl methyl sites for hydroxylation is 3. The van der Waals surface area contributed by atoms with Crippen LogP contribution in [-0.4, -0.2) is 52.6 Å². The van der Waals surface area contributed by atoms with Crippen LogP contribution in [0.15, 0.2) is 42.6 Å². The van der Waals surface area contributed by atoms with Crippen molar-refractivity contribution in [1.29, 1.82) is 0 Å². The second kappa shape index (κ2) is 9.88. The molecule has 0 bridgehead atoms. The number of benzene rings is 1. The van der Waals surface area contributed by atoms with Crippen molar-refractivity contribution in [1.82, 2.24) is 34.3 Å². The molecule has 1 aromatic carbocycles. The van der Waals surface area contributed by atoms with Gasteiger partial charge in [-0.05, 0) is 50.2 Å². The van der Waals surface area contributed by atoms with Crippen LogP contribution < -0.4 is 0 Å². The molecular weight excluding hydrogens is 490 g/mol. The fourth-order valence-electron chi connectivity index (χ4n) is 6.43. The fraction of sp³-hybridized carbons (Fsp3) is 0.467. The van der Waals surface area contributed by atoms with Crippen LogP contribution in [0.25, 0.3) is 33.3 Å². The van der Waals surface area contributed by atoms with Crippen molar-refractivity contribution in [3.05, 3.63) is 59.5 Å². The number of hydrogen-bond acceptors (Lipinski definition) is 6. The zero-order chi connectivity index (χ0) is 27.3. The predicted molar refractivity (Wildman–Crippen MR) is 151 cm³/mol. The zero-order valence-corrected chi connectivity index (χ0v) is 23.4. The van der Waals surface area contributed by atoms with Gasteiger partial charge in [-0.1, -0.05) is 49.4 Å². The van der Waals surface area contributed by atoms with E-state index in [9.17, 15) is 5.11 Å².